The number of fused-ring (bicyclic) bond motifs is 1. The van der Waals surface area contributed by atoms with Gasteiger partial charge in [0.25, 0.3) is 0 Å². The maximum Gasteiger partial charge on any atom is 0.152 e. The summed E-state index contributed by atoms with van der Waals surface area (Å²) in [7, 11) is 1.63. The fraction of sp³-hybridized carbons (Fsp3) is 0.0714. The largest absolute Gasteiger partial charge is 0.497 e. The molecular formula is C14H13N5O. The Labute approximate surface area is 115 Å². The lowest BCUT2D eigenvalue weighted by Gasteiger charge is -2.09. The van der Waals surface area contributed by atoms with Crippen molar-refractivity contribution >= 4 is 28.2 Å². The first-order valence-electron chi connectivity index (χ1n) is 6.03. The third kappa shape index (κ3) is 2.31. The number of pyridine rings is 1. The van der Waals surface area contributed by atoms with Crippen LogP contribution in [0.2, 0.25) is 0 Å². The number of hydrogen-bond acceptors (Lipinski definition) is 6. The number of methoxy groups -OCH3 is 1. The second-order valence-electron chi connectivity index (χ2n) is 4.20. The van der Waals surface area contributed by atoms with Crippen molar-refractivity contribution in [3.8, 4) is 5.75 Å². The molecule has 0 aliphatic rings. The van der Waals surface area contributed by atoms with Gasteiger partial charge in [0.2, 0.25) is 0 Å². The van der Waals surface area contributed by atoms with Crippen LogP contribution >= 0.6 is 0 Å². The van der Waals surface area contributed by atoms with Gasteiger partial charge in [-0.15, -0.1) is 0 Å². The molecule has 0 bridgehead atoms. The predicted molar refractivity (Wildman–Crippen MR) is 78.0 cm³/mol. The van der Waals surface area contributed by atoms with Crippen molar-refractivity contribution in [1.82, 2.24) is 15.0 Å². The van der Waals surface area contributed by atoms with Gasteiger partial charge in [-0.25, -0.2) is 9.97 Å². The molecule has 3 N–H and O–H groups in total. The second kappa shape index (κ2) is 5.00. The smallest absolute Gasteiger partial charge is 0.152 e. The van der Waals surface area contributed by atoms with Crippen molar-refractivity contribution in [2.24, 2.45) is 0 Å². The fourth-order valence-corrected chi connectivity index (χ4v) is 1.94. The second-order valence-corrected chi connectivity index (χ2v) is 4.20. The van der Waals surface area contributed by atoms with Crippen molar-refractivity contribution in [2.75, 3.05) is 18.2 Å². The van der Waals surface area contributed by atoms with Gasteiger partial charge < -0.3 is 15.8 Å². The minimum atomic E-state index is 0.354. The van der Waals surface area contributed by atoms with Crippen LogP contribution in [0, 0.1) is 0 Å². The number of nitrogens with zero attached hydrogens (tertiary/aromatic N) is 3. The molecule has 1 aromatic carbocycles. The van der Waals surface area contributed by atoms with Gasteiger partial charge in [-0.1, -0.05) is 6.07 Å². The van der Waals surface area contributed by atoms with Gasteiger partial charge in [0.05, 0.1) is 19.5 Å². The normalized spacial score (nSPS) is 10.4. The summed E-state index contributed by atoms with van der Waals surface area (Å²) in [6.07, 6.45) is 4.82. The van der Waals surface area contributed by atoms with Crippen molar-refractivity contribution in [3.05, 3.63) is 42.9 Å². The molecule has 100 valence electrons. The highest BCUT2D eigenvalue weighted by Gasteiger charge is 2.05. The first-order chi connectivity index (χ1) is 9.76. The lowest BCUT2D eigenvalue weighted by molar-refractivity contribution is 0.415. The zero-order chi connectivity index (χ0) is 13.9. The van der Waals surface area contributed by atoms with Gasteiger partial charge in [-0.05, 0) is 23.6 Å². The summed E-state index contributed by atoms with van der Waals surface area (Å²) in [5.74, 6) is 2.36. The van der Waals surface area contributed by atoms with E-state index in [9.17, 15) is 0 Å². The molecule has 0 fully saturated rings. The highest BCUT2D eigenvalue weighted by molar-refractivity contribution is 5.93. The summed E-state index contributed by atoms with van der Waals surface area (Å²) in [5, 5.41) is 5.12. The van der Waals surface area contributed by atoms with Gasteiger partial charge in [-0.3, -0.25) is 4.98 Å². The van der Waals surface area contributed by atoms with E-state index >= 15 is 0 Å². The number of hydrogen-bond donors (Lipinski definition) is 2. The number of nitrogens with one attached hydrogen (secondary N) is 1. The Hall–Kier alpha value is -2.89. The molecule has 3 rings (SSSR count). The Balaban J connectivity index is 2.06. The molecule has 0 aliphatic heterocycles. The molecule has 0 unspecified atom stereocenters. The highest BCUT2D eigenvalue weighted by Crippen LogP contribution is 2.27. The van der Waals surface area contributed by atoms with E-state index in [1.54, 1.807) is 19.5 Å². The number of rotatable bonds is 3. The van der Waals surface area contributed by atoms with Crippen molar-refractivity contribution in [3.63, 3.8) is 0 Å². The molecule has 6 heteroatoms. The van der Waals surface area contributed by atoms with Crippen LogP contribution in [0.4, 0.5) is 17.5 Å². The first kappa shape index (κ1) is 12.2. The van der Waals surface area contributed by atoms with Crippen LogP contribution in [0.3, 0.4) is 0 Å². The van der Waals surface area contributed by atoms with Crippen LogP contribution in [0.1, 0.15) is 0 Å². The van der Waals surface area contributed by atoms with Crippen molar-refractivity contribution in [2.45, 2.75) is 0 Å². The van der Waals surface area contributed by atoms with E-state index in [0.29, 0.717) is 17.5 Å². The summed E-state index contributed by atoms with van der Waals surface area (Å²) < 4.78 is 5.24. The molecule has 20 heavy (non-hydrogen) atoms. The number of nitrogens with two attached hydrogens (primary N) is 1. The zero-order valence-corrected chi connectivity index (χ0v) is 10.9. The average molecular weight is 267 g/mol. The quantitative estimate of drug-likeness (QED) is 0.757. The molecule has 0 saturated heterocycles. The lowest BCUT2D eigenvalue weighted by atomic mass is 10.1. The molecule has 0 saturated carbocycles. The third-order valence-electron chi connectivity index (χ3n) is 2.87. The van der Waals surface area contributed by atoms with Gasteiger partial charge >= 0.3 is 0 Å². The minimum absolute atomic E-state index is 0.354. The van der Waals surface area contributed by atoms with Crippen LogP contribution in [0.25, 0.3) is 10.8 Å². The van der Waals surface area contributed by atoms with Crippen LogP contribution in [0.5, 0.6) is 5.75 Å². The Morgan fingerprint density at radius 2 is 2.10 bits per heavy atom. The van der Waals surface area contributed by atoms with Gasteiger partial charge in [0.15, 0.2) is 5.82 Å². The maximum absolute atomic E-state index is 5.62. The fourth-order valence-electron chi connectivity index (χ4n) is 1.94. The molecule has 0 atom stereocenters. The molecule has 0 radical (unpaired) electrons. The molecule has 6 nitrogen and oxygen atoms in total. The average Bonchev–Trinajstić information content (AvgIpc) is 2.47. The van der Waals surface area contributed by atoms with Crippen molar-refractivity contribution < 1.29 is 4.74 Å². The van der Waals surface area contributed by atoms with Crippen LogP contribution in [0.15, 0.2) is 42.9 Å². The monoisotopic (exact) mass is 267 g/mol. The molecule has 3 aromatic rings. The molecule has 0 spiro atoms. The van der Waals surface area contributed by atoms with E-state index in [-0.39, 0.29) is 0 Å². The number of anilines is 3. The summed E-state index contributed by atoms with van der Waals surface area (Å²) in [6.45, 7) is 0. The Morgan fingerprint density at radius 3 is 2.90 bits per heavy atom. The summed E-state index contributed by atoms with van der Waals surface area (Å²) in [4.78, 5) is 12.5. The Bertz CT molecular complexity index is 759. The third-order valence-corrected chi connectivity index (χ3v) is 2.87. The van der Waals surface area contributed by atoms with E-state index in [1.165, 1.54) is 6.20 Å². The van der Waals surface area contributed by atoms with E-state index in [4.69, 9.17) is 10.5 Å². The van der Waals surface area contributed by atoms with Gasteiger partial charge in [0, 0.05) is 11.6 Å². The first-order valence-corrected chi connectivity index (χ1v) is 6.03. The number of nitrogen functional groups attached to an aromatic ring is 1. The van der Waals surface area contributed by atoms with Crippen LogP contribution < -0.4 is 15.8 Å². The van der Waals surface area contributed by atoms with E-state index in [1.807, 2.05) is 24.3 Å². The van der Waals surface area contributed by atoms with E-state index in [2.05, 4.69) is 20.3 Å². The topological polar surface area (TPSA) is 86.0 Å². The molecule has 2 aromatic heterocycles. The van der Waals surface area contributed by atoms with Gasteiger partial charge in [0.1, 0.15) is 17.4 Å². The standard InChI is InChI=1S/C14H13N5O/c1-20-10-3-2-9-4-5-17-14(11(9)6-10)19-13-8-16-7-12(15)18-13/h2-8H,1H3,(H3,15,17,18,19). The van der Waals surface area contributed by atoms with Crippen LogP contribution in [-0.4, -0.2) is 22.1 Å². The van der Waals surface area contributed by atoms with E-state index < -0.39 is 0 Å². The predicted octanol–water partition coefficient (Wildman–Crippen LogP) is 2.36. The lowest BCUT2D eigenvalue weighted by Crippen LogP contribution is -2.00. The molecule has 2 heterocycles. The van der Waals surface area contributed by atoms with Gasteiger partial charge in [-0.2, -0.15) is 0 Å². The summed E-state index contributed by atoms with van der Waals surface area (Å²) in [5.41, 5.74) is 5.62. The molecule has 0 amide bonds. The van der Waals surface area contributed by atoms with E-state index in [0.717, 1.165) is 16.5 Å². The zero-order valence-electron chi connectivity index (χ0n) is 10.9. The SMILES string of the molecule is COc1ccc2ccnc(Nc3cncc(N)n3)c2c1. The number of benzene rings is 1. The maximum atomic E-state index is 5.62. The summed E-state index contributed by atoms with van der Waals surface area (Å²) in [6, 6.07) is 7.74. The van der Waals surface area contributed by atoms with Crippen LogP contribution in [-0.2, 0) is 0 Å². The molecule has 0 aliphatic carbocycles. The highest BCUT2D eigenvalue weighted by atomic mass is 16.5. The number of ether oxygens (including phenoxy) is 1. The Kier molecular flexibility index (Phi) is 3.04. The van der Waals surface area contributed by atoms with Crippen molar-refractivity contribution in [1.29, 1.82) is 0 Å². The Morgan fingerprint density at radius 1 is 1.20 bits per heavy atom. The number of aromatic nitrogens is 3. The molecular weight excluding hydrogens is 254 g/mol. The summed E-state index contributed by atoms with van der Waals surface area (Å²) >= 11 is 0. The minimum Gasteiger partial charge on any atom is -0.497 e.